The van der Waals surface area contributed by atoms with Crippen molar-refractivity contribution < 1.29 is 27.9 Å². The monoisotopic (exact) mass is 408 g/mol. The summed E-state index contributed by atoms with van der Waals surface area (Å²) >= 11 is 1.07. The first-order valence-electron chi connectivity index (χ1n) is 7.98. The lowest BCUT2D eigenvalue weighted by atomic mass is 9.84. The number of carbonyl (C=O) groups excluding carboxylic acids is 2. The highest BCUT2D eigenvalue weighted by molar-refractivity contribution is 7.98. The number of aryl methyl sites for hydroxylation is 1. The summed E-state index contributed by atoms with van der Waals surface area (Å²) in [6.45, 7) is 1.83. The molecule has 10 heteroatoms. The first-order valence-corrected chi connectivity index (χ1v) is 10.6. The van der Waals surface area contributed by atoms with E-state index in [1.807, 2.05) is 6.92 Å². The molecule has 1 aromatic heterocycles. The van der Waals surface area contributed by atoms with Crippen LogP contribution in [0.4, 0.5) is 0 Å². The van der Waals surface area contributed by atoms with Crippen molar-refractivity contribution in [1.82, 2.24) is 9.19 Å². The minimum atomic E-state index is -4.03. The third kappa shape index (κ3) is 3.19. The molecule has 27 heavy (non-hydrogen) atoms. The number of nitrogens with zero attached hydrogens (tertiary/aromatic N) is 2. The van der Waals surface area contributed by atoms with E-state index >= 15 is 0 Å². The molecule has 0 aliphatic heterocycles. The van der Waals surface area contributed by atoms with Crippen molar-refractivity contribution in [3.05, 3.63) is 41.1 Å². The molecular weight excluding hydrogens is 392 g/mol. The molecule has 1 atom stereocenters. The molecule has 0 saturated heterocycles. The van der Waals surface area contributed by atoms with Gasteiger partial charge in [-0.05, 0) is 38.2 Å². The molecule has 0 radical (unpaired) electrons. The minimum absolute atomic E-state index is 0.0176. The van der Waals surface area contributed by atoms with E-state index in [0.29, 0.717) is 0 Å². The zero-order chi connectivity index (χ0) is 19.9. The van der Waals surface area contributed by atoms with Crippen molar-refractivity contribution in [3.63, 3.8) is 0 Å². The molecular formula is C17H16N2O6S2. The number of ketones is 2. The fraction of sp³-hybridized carbons (Fsp3) is 0.294. The molecule has 142 valence electrons. The van der Waals surface area contributed by atoms with Crippen LogP contribution in [0.2, 0.25) is 0 Å². The maximum absolute atomic E-state index is 13.0. The second-order valence-corrected chi connectivity index (χ2v) is 8.68. The van der Waals surface area contributed by atoms with E-state index in [4.69, 9.17) is 5.11 Å². The van der Waals surface area contributed by atoms with Crippen molar-refractivity contribution in [2.45, 2.75) is 29.7 Å². The molecule has 8 nitrogen and oxygen atoms in total. The van der Waals surface area contributed by atoms with Crippen LogP contribution in [0.5, 0.6) is 0 Å². The van der Waals surface area contributed by atoms with Crippen LogP contribution in [0.1, 0.15) is 28.0 Å². The molecule has 3 rings (SSSR count). The highest BCUT2D eigenvalue weighted by atomic mass is 32.2. The van der Waals surface area contributed by atoms with Crippen LogP contribution < -0.4 is 0 Å². The van der Waals surface area contributed by atoms with Crippen LogP contribution in [0.25, 0.3) is 0 Å². The smallest absolute Gasteiger partial charge is 0.372 e. The van der Waals surface area contributed by atoms with Crippen LogP contribution in [-0.4, -0.2) is 46.5 Å². The summed E-state index contributed by atoms with van der Waals surface area (Å²) in [5, 5.41) is 13.2. The number of carboxylic acids is 1. The van der Waals surface area contributed by atoms with Gasteiger partial charge in [0.15, 0.2) is 5.78 Å². The average Bonchev–Trinajstić information content (AvgIpc) is 3.02. The Kier molecular flexibility index (Phi) is 4.96. The first-order chi connectivity index (χ1) is 12.7. The number of Topliss-reactive ketones (excluding diaryl/α,β-unsaturated/α-hetero) is 2. The average molecular weight is 408 g/mol. The second-order valence-electron chi connectivity index (χ2n) is 6.12. The summed E-state index contributed by atoms with van der Waals surface area (Å²) in [6.07, 6.45) is 1.62. The maximum Gasteiger partial charge on any atom is 0.372 e. The third-order valence-electron chi connectivity index (χ3n) is 4.41. The normalized spacial score (nSPS) is 16.8. The van der Waals surface area contributed by atoms with Gasteiger partial charge < -0.3 is 5.11 Å². The van der Waals surface area contributed by atoms with Crippen LogP contribution in [-0.2, 0) is 26.0 Å². The predicted molar refractivity (Wildman–Crippen MR) is 96.6 cm³/mol. The van der Waals surface area contributed by atoms with Gasteiger partial charge in [-0.1, -0.05) is 17.7 Å². The highest BCUT2D eigenvalue weighted by Gasteiger charge is 2.41. The van der Waals surface area contributed by atoms with Gasteiger partial charge in [0.25, 0.3) is 15.8 Å². The molecule has 0 spiro atoms. The van der Waals surface area contributed by atoms with Crippen molar-refractivity contribution in [2.24, 2.45) is 5.92 Å². The van der Waals surface area contributed by atoms with Crippen LogP contribution in [0.15, 0.2) is 34.2 Å². The van der Waals surface area contributed by atoms with E-state index in [2.05, 4.69) is 5.10 Å². The zero-order valence-electron chi connectivity index (χ0n) is 14.5. The Morgan fingerprint density at radius 3 is 2.44 bits per heavy atom. The number of benzene rings is 1. The summed E-state index contributed by atoms with van der Waals surface area (Å²) in [7, 11) is -4.03. The molecule has 2 aromatic rings. The highest BCUT2D eigenvalue weighted by Crippen LogP contribution is 2.34. The number of thioether (sulfide) groups is 1. The van der Waals surface area contributed by atoms with Crippen LogP contribution >= 0.6 is 11.8 Å². The Morgan fingerprint density at radius 2 is 1.89 bits per heavy atom. The zero-order valence-corrected chi connectivity index (χ0v) is 16.1. The summed E-state index contributed by atoms with van der Waals surface area (Å²) in [5.41, 5.74) is 1.09. The Morgan fingerprint density at radius 1 is 1.26 bits per heavy atom. The molecule has 0 bridgehead atoms. The molecule has 1 heterocycles. The van der Waals surface area contributed by atoms with E-state index < -0.39 is 33.5 Å². The van der Waals surface area contributed by atoms with Gasteiger partial charge in [0.05, 0.1) is 22.1 Å². The molecule has 0 fully saturated rings. The van der Waals surface area contributed by atoms with E-state index in [0.717, 1.165) is 21.4 Å². The Labute approximate surface area is 159 Å². The van der Waals surface area contributed by atoms with Crippen LogP contribution in [0, 0.1) is 12.8 Å². The largest absolute Gasteiger partial charge is 0.475 e. The molecule has 0 amide bonds. The Balaban J connectivity index is 2.13. The second kappa shape index (κ2) is 6.93. The number of fused-ring (bicyclic) bond motifs is 1. The number of carboxylic acid groups (broad SMARTS) is 1. The fourth-order valence-corrected chi connectivity index (χ4v) is 5.00. The number of aliphatic carboxylic acids is 1. The van der Waals surface area contributed by atoms with E-state index in [1.165, 1.54) is 12.1 Å². The van der Waals surface area contributed by atoms with Gasteiger partial charge >= 0.3 is 5.97 Å². The molecule has 1 unspecified atom stereocenters. The topological polar surface area (TPSA) is 123 Å². The van der Waals surface area contributed by atoms with Gasteiger partial charge in [-0.2, -0.15) is 17.6 Å². The van der Waals surface area contributed by atoms with Gasteiger partial charge in [-0.25, -0.2) is 4.79 Å². The van der Waals surface area contributed by atoms with Crippen molar-refractivity contribution in [2.75, 3.05) is 6.26 Å². The number of hydrogen-bond donors (Lipinski definition) is 1. The maximum atomic E-state index is 13.0. The Bertz CT molecular complexity index is 1050. The number of carbonyl (C=O) groups is 3. The molecule has 1 N–H and O–H groups in total. The van der Waals surface area contributed by atoms with Gasteiger partial charge in [-0.3, -0.25) is 9.59 Å². The molecule has 0 saturated carbocycles. The van der Waals surface area contributed by atoms with Gasteiger partial charge in [0.2, 0.25) is 0 Å². The standard InChI is InChI=1S/C17H16N2O6S2/c1-9-3-5-10(6-4-9)27(24,25)19-12-8-7-11(15(21)17(22)23)14(20)13(12)16(18-19)26-2/h3-6,11H,7-8H2,1-2H3,(H,22,23). The van der Waals surface area contributed by atoms with E-state index in [9.17, 15) is 22.8 Å². The lowest BCUT2D eigenvalue weighted by Crippen LogP contribution is -2.34. The van der Waals surface area contributed by atoms with Gasteiger partial charge in [0.1, 0.15) is 5.03 Å². The number of rotatable bonds is 5. The molecule has 1 aromatic carbocycles. The lowest BCUT2D eigenvalue weighted by molar-refractivity contribution is -0.150. The summed E-state index contributed by atoms with van der Waals surface area (Å²) in [6, 6.07) is 6.23. The molecule has 1 aliphatic rings. The number of aromatic nitrogens is 2. The quantitative estimate of drug-likeness (QED) is 0.449. The van der Waals surface area contributed by atoms with Crippen molar-refractivity contribution in [3.8, 4) is 0 Å². The summed E-state index contributed by atoms with van der Waals surface area (Å²) in [4.78, 5) is 35.5. The first kappa shape index (κ1) is 19.3. The summed E-state index contributed by atoms with van der Waals surface area (Å²) in [5.74, 6) is -4.88. The minimum Gasteiger partial charge on any atom is -0.475 e. The number of hydrogen-bond acceptors (Lipinski definition) is 7. The summed E-state index contributed by atoms with van der Waals surface area (Å²) < 4.78 is 26.8. The fourth-order valence-electron chi connectivity index (χ4n) is 3.02. The predicted octanol–water partition coefficient (Wildman–Crippen LogP) is 1.55. The molecule has 1 aliphatic carbocycles. The third-order valence-corrected chi connectivity index (χ3v) is 6.71. The van der Waals surface area contributed by atoms with E-state index in [1.54, 1.807) is 18.4 Å². The lowest BCUT2D eigenvalue weighted by Gasteiger charge is -2.19. The SMILES string of the molecule is CSc1nn(S(=O)(=O)c2ccc(C)cc2)c2c1C(=O)C(C(=O)C(=O)O)CC2. The Hall–Kier alpha value is -2.46. The van der Waals surface area contributed by atoms with Gasteiger partial charge in [0, 0.05) is 0 Å². The van der Waals surface area contributed by atoms with E-state index in [-0.39, 0.29) is 34.0 Å². The van der Waals surface area contributed by atoms with Crippen molar-refractivity contribution >= 4 is 39.3 Å². The van der Waals surface area contributed by atoms with Crippen LogP contribution in [0.3, 0.4) is 0 Å². The van der Waals surface area contributed by atoms with Crippen molar-refractivity contribution in [1.29, 1.82) is 0 Å². The van der Waals surface area contributed by atoms with Gasteiger partial charge in [-0.15, -0.1) is 11.8 Å².